The van der Waals surface area contributed by atoms with Crippen molar-refractivity contribution >= 4 is 28.4 Å². The number of aryl methyl sites for hydroxylation is 2. The van der Waals surface area contributed by atoms with Crippen LogP contribution >= 0.6 is 11.8 Å². The maximum atomic E-state index is 12.7. The number of thioether (sulfide) groups is 1. The van der Waals surface area contributed by atoms with Crippen molar-refractivity contribution in [1.82, 2.24) is 38.9 Å². The van der Waals surface area contributed by atoms with E-state index in [-0.39, 0.29) is 5.56 Å². The number of rotatable bonds is 5. The topological polar surface area (TPSA) is 95.8 Å². The van der Waals surface area contributed by atoms with Gasteiger partial charge in [-0.3, -0.25) is 23.3 Å². The highest BCUT2D eigenvalue weighted by atomic mass is 32.2. The van der Waals surface area contributed by atoms with Crippen LogP contribution in [-0.2, 0) is 12.8 Å². The van der Waals surface area contributed by atoms with Crippen molar-refractivity contribution in [1.29, 1.82) is 0 Å². The van der Waals surface area contributed by atoms with Crippen molar-refractivity contribution in [2.75, 3.05) is 0 Å². The molecule has 0 amide bonds. The second kappa shape index (κ2) is 8.48. The van der Waals surface area contributed by atoms with Crippen LogP contribution in [0.1, 0.15) is 11.4 Å². The summed E-state index contributed by atoms with van der Waals surface area (Å²) in [5, 5.41) is 19.1. The number of benzene rings is 2. The lowest BCUT2D eigenvalue weighted by atomic mass is 10.2. The fourth-order valence-electron chi connectivity index (χ4n) is 4.09. The Hall–Kier alpha value is -4.31. The van der Waals surface area contributed by atoms with Gasteiger partial charge in [0, 0.05) is 30.7 Å². The molecule has 2 aromatic carbocycles. The molecule has 0 unspecified atom stereocenters. The number of pyridine rings is 1. The van der Waals surface area contributed by atoms with E-state index in [1.165, 1.54) is 21.9 Å². The van der Waals surface area contributed by atoms with Crippen molar-refractivity contribution in [3.8, 4) is 17.1 Å². The summed E-state index contributed by atoms with van der Waals surface area (Å²) in [4.78, 5) is 16.9. The van der Waals surface area contributed by atoms with Gasteiger partial charge in [0.2, 0.25) is 5.78 Å². The van der Waals surface area contributed by atoms with Gasteiger partial charge in [-0.15, -0.1) is 20.4 Å². The quantitative estimate of drug-likeness (QED) is 0.346. The van der Waals surface area contributed by atoms with Gasteiger partial charge in [0.1, 0.15) is 5.82 Å². The van der Waals surface area contributed by atoms with Gasteiger partial charge in [-0.1, -0.05) is 41.6 Å². The SMILES string of the molecule is Cc1ccc(-n2c(SCc3nnc4n(C)c(=O)c5ccccc5n34)nnc2-c2ccncc2)cc1. The molecule has 0 spiro atoms. The lowest BCUT2D eigenvalue weighted by Crippen LogP contribution is -2.20. The zero-order chi connectivity index (χ0) is 23.9. The van der Waals surface area contributed by atoms with Gasteiger partial charge in [0.25, 0.3) is 5.56 Å². The molecule has 4 aromatic heterocycles. The van der Waals surface area contributed by atoms with E-state index in [4.69, 9.17) is 0 Å². The second-order valence-corrected chi connectivity index (χ2v) is 9.08. The maximum absolute atomic E-state index is 12.7. The molecule has 4 heterocycles. The number of hydrogen-bond donors (Lipinski definition) is 0. The Morgan fingerprint density at radius 1 is 0.886 bits per heavy atom. The second-order valence-electron chi connectivity index (χ2n) is 8.13. The number of para-hydroxylation sites is 1. The van der Waals surface area contributed by atoms with Crippen LogP contribution in [0.25, 0.3) is 33.8 Å². The molecule has 0 N–H and O–H groups in total. The average molecular weight is 481 g/mol. The zero-order valence-electron chi connectivity index (χ0n) is 19.0. The molecule has 0 bridgehead atoms. The van der Waals surface area contributed by atoms with Crippen molar-refractivity contribution in [2.24, 2.45) is 7.05 Å². The molecule has 10 heteroatoms. The summed E-state index contributed by atoms with van der Waals surface area (Å²) in [6.45, 7) is 2.06. The molecular formula is C25H20N8OS. The summed E-state index contributed by atoms with van der Waals surface area (Å²) < 4.78 is 5.50. The van der Waals surface area contributed by atoms with Crippen LogP contribution in [0, 0.1) is 6.92 Å². The summed E-state index contributed by atoms with van der Waals surface area (Å²) in [6, 6.07) is 19.6. The highest BCUT2D eigenvalue weighted by Gasteiger charge is 2.19. The zero-order valence-corrected chi connectivity index (χ0v) is 19.8. The molecule has 0 saturated carbocycles. The third-order valence-corrected chi connectivity index (χ3v) is 6.81. The first-order chi connectivity index (χ1) is 17.1. The number of fused-ring (bicyclic) bond motifs is 3. The van der Waals surface area contributed by atoms with E-state index >= 15 is 0 Å². The average Bonchev–Trinajstić information content (AvgIpc) is 3.52. The Labute approximate surface area is 204 Å². The Morgan fingerprint density at radius 3 is 2.46 bits per heavy atom. The van der Waals surface area contributed by atoms with E-state index in [1.54, 1.807) is 19.4 Å². The van der Waals surface area contributed by atoms with Crippen LogP contribution < -0.4 is 5.56 Å². The van der Waals surface area contributed by atoms with Crippen LogP contribution in [0.4, 0.5) is 0 Å². The highest BCUT2D eigenvalue weighted by Crippen LogP contribution is 2.30. The molecule has 0 aliphatic carbocycles. The van der Waals surface area contributed by atoms with Crippen LogP contribution in [-0.4, -0.2) is 38.9 Å². The third kappa shape index (κ3) is 3.58. The molecular weight excluding hydrogens is 460 g/mol. The Kier molecular flexibility index (Phi) is 5.14. The maximum Gasteiger partial charge on any atom is 0.262 e. The van der Waals surface area contributed by atoms with E-state index in [0.29, 0.717) is 16.9 Å². The molecule has 9 nitrogen and oxygen atoms in total. The van der Waals surface area contributed by atoms with Crippen molar-refractivity contribution < 1.29 is 0 Å². The fraction of sp³-hybridized carbons (Fsp3) is 0.120. The lowest BCUT2D eigenvalue weighted by Gasteiger charge is -2.11. The molecule has 6 aromatic rings. The minimum Gasteiger partial charge on any atom is -0.279 e. The van der Waals surface area contributed by atoms with Gasteiger partial charge in [-0.05, 0) is 43.3 Å². The van der Waals surface area contributed by atoms with Crippen LogP contribution in [0.3, 0.4) is 0 Å². The van der Waals surface area contributed by atoms with Crippen molar-refractivity contribution in [3.05, 3.63) is 94.8 Å². The summed E-state index contributed by atoms with van der Waals surface area (Å²) >= 11 is 1.52. The highest BCUT2D eigenvalue weighted by molar-refractivity contribution is 7.98. The minimum atomic E-state index is -0.0965. The summed E-state index contributed by atoms with van der Waals surface area (Å²) in [6.07, 6.45) is 3.49. The lowest BCUT2D eigenvalue weighted by molar-refractivity contribution is 0.857. The Bertz CT molecular complexity index is 1740. The first-order valence-electron chi connectivity index (χ1n) is 11.0. The van der Waals surface area contributed by atoms with Crippen LogP contribution in [0.5, 0.6) is 0 Å². The van der Waals surface area contributed by atoms with Crippen molar-refractivity contribution in [2.45, 2.75) is 17.8 Å². The number of aromatic nitrogens is 8. The normalized spacial score (nSPS) is 11.5. The van der Waals surface area contributed by atoms with Gasteiger partial charge in [0.15, 0.2) is 11.0 Å². The van der Waals surface area contributed by atoms with Gasteiger partial charge in [0.05, 0.1) is 16.7 Å². The Morgan fingerprint density at radius 2 is 1.66 bits per heavy atom. The Balaban J connectivity index is 1.44. The molecule has 6 rings (SSSR count). The predicted molar refractivity (Wildman–Crippen MR) is 135 cm³/mol. The number of hydrogen-bond acceptors (Lipinski definition) is 7. The minimum absolute atomic E-state index is 0.0965. The summed E-state index contributed by atoms with van der Waals surface area (Å²) in [5.74, 6) is 2.45. The van der Waals surface area contributed by atoms with Gasteiger partial charge >= 0.3 is 0 Å². The summed E-state index contributed by atoms with van der Waals surface area (Å²) in [5.41, 5.74) is 3.75. The molecule has 0 saturated heterocycles. The van der Waals surface area contributed by atoms with E-state index in [9.17, 15) is 4.79 Å². The first-order valence-corrected chi connectivity index (χ1v) is 12.0. The molecule has 0 aliphatic rings. The van der Waals surface area contributed by atoms with Gasteiger partial charge in [-0.25, -0.2) is 0 Å². The molecule has 0 radical (unpaired) electrons. The summed E-state index contributed by atoms with van der Waals surface area (Å²) in [7, 11) is 1.71. The third-order valence-electron chi connectivity index (χ3n) is 5.89. The van der Waals surface area contributed by atoms with Gasteiger partial charge < -0.3 is 0 Å². The largest absolute Gasteiger partial charge is 0.279 e. The van der Waals surface area contributed by atoms with Crippen LogP contribution in [0.15, 0.2) is 83.0 Å². The van der Waals surface area contributed by atoms with Gasteiger partial charge in [-0.2, -0.15) is 0 Å². The molecule has 35 heavy (non-hydrogen) atoms. The van der Waals surface area contributed by atoms with Crippen molar-refractivity contribution in [3.63, 3.8) is 0 Å². The monoisotopic (exact) mass is 480 g/mol. The van der Waals surface area contributed by atoms with E-state index < -0.39 is 0 Å². The standard InChI is InChI=1S/C25H20N8OS/c1-16-7-9-18(10-8-16)32-22(17-11-13-26-14-12-17)28-30-25(32)35-15-21-27-29-24-31(2)23(34)19-5-3-4-6-20(19)33(21)24/h3-14H,15H2,1-2H3. The van der Waals surface area contributed by atoms with Crippen LogP contribution in [0.2, 0.25) is 0 Å². The molecule has 0 fully saturated rings. The number of nitrogens with zero attached hydrogens (tertiary/aromatic N) is 8. The molecule has 0 atom stereocenters. The first kappa shape index (κ1) is 21.2. The van der Waals surface area contributed by atoms with E-state index in [0.717, 1.165) is 33.6 Å². The molecule has 172 valence electrons. The molecule has 0 aliphatic heterocycles. The predicted octanol–water partition coefficient (Wildman–Crippen LogP) is 3.82. The fourth-order valence-corrected chi connectivity index (χ4v) is 4.96. The van der Waals surface area contributed by atoms with E-state index in [1.807, 2.05) is 45.4 Å². The van der Waals surface area contributed by atoms with E-state index in [2.05, 4.69) is 56.6 Å². The smallest absolute Gasteiger partial charge is 0.262 e.